The van der Waals surface area contributed by atoms with Crippen LogP contribution in [-0.2, 0) is 16.0 Å². The second kappa shape index (κ2) is 12.8. The molecule has 2 amide bonds. The Labute approximate surface area is 229 Å². The van der Waals surface area contributed by atoms with Gasteiger partial charge in [0.25, 0.3) is 0 Å². The molecule has 0 N–H and O–H groups in total. The first-order valence-corrected chi connectivity index (χ1v) is 15.5. The largest absolute Gasteiger partial charge is 0.440 e. The number of ether oxygens (including phenoxy) is 1. The molecule has 0 bridgehead atoms. The quantitative estimate of drug-likeness (QED) is 0.431. The van der Waals surface area contributed by atoms with Gasteiger partial charge >= 0.3 is 6.09 Å². The van der Waals surface area contributed by atoms with Crippen LogP contribution in [0.1, 0.15) is 96.0 Å². The lowest BCUT2D eigenvalue weighted by Gasteiger charge is -2.46. The number of hydrogen-bond donors (Lipinski definition) is 0. The zero-order valence-corrected chi connectivity index (χ0v) is 23.5. The third-order valence-electron chi connectivity index (χ3n) is 9.85. The Morgan fingerprint density at radius 2 is 1.84 bits per heavy atom. The van der Waals surface area contributed by atoms with Gasteiger partial charge < -0.3 is 14.5 Å². The summed E-state index contributed by atoms with van der Waals surface area (Å²) in [6.07, 6.45) is 18.7. The highest BCUT2D eigenvalue weighted by atomic mass is 16.6. The van der Waals surface area contributed by atoms with Crippen molar-refractivity contribution < 1.29 is 14.3 Å². The molecule has 1 saturated carbocycles. The highest BCUT2D eigenvalue weighted by Gasteiger charge is 2.55. The van der Waals surface area contributed by atoms with E-state index in [1.807, 2.05) is 18.3 Å². The van der Waals surface area contributed by atoms with Crippen LogP contribution in [0.2, 0.25) is 0 Å². The topological polar surface area (TPSA) is 66.0 Å². The third kappa shape index (κ3) is 6.35. The first kappa shape index (κ1) is 27.4. The van der Waals surface area contributed by atoms with E-state index in [2.05, 4.69) is 26.6 Å². The van der Waals surface area contributed by atoms with Gasteiger partial charge in [0.05, 0.1) is 6.04 Å². The summed E-state index contributed by atoms with van der Waals surface area (Å²) in [5, 5.41) is 0. The normalized spacial score (nSPS) is 25.2. The molecule has 38 heavy (non-hydrogen) atoms. The fourth-order valence-corrected chi connectivity index (χ4v) is 7.52. The van der Waals surface area contributed by atoms with Gasteiger partial charge in [-0.2, -0.15) is 0 Å². The molecule has 7 heteroatoms. The van der Waals surface area contributed by atoms with Crippen LogP contribution in [0.3, 0.4) is 0 Å². The van der Waals surface area contributed by atoms with Crippen LogP contribution in [0, 0.1) is 5.92 Å². The van der Waals surface area contributed by atoms with Crippen LogP contribution in [0.4, 0.5) is 4.79 Å². The minimum Gasteiger partial charge on any atom is -0.440 e. The fraction of sp³-hybridized carbons (Fsp3) is 0.774. The van der Waals surface area contributed by atoms with Crippen molar-refractivity contribution in [1.29, 1.82) is 0 Å². The van der Waals surface area contributed by atoms with Crippen LogP contribution in [0.25, 0.3) is 0 Å². The standard InChI is InChI=1S/C31H48N4O3/c1-2-3-11-28-31(38-30(37)35(28)24-26-8-5-4-6-9-26)16-21-33(22-17-31)27-14-19-34(20-15-27)29(36)13-12-25-10-7-18-32-23-25/h7,10,18,23,26-28H,2-6,8-9,11-17,19-22,24H2,1H3. The van der Waals surface area contributed by atoms with E-state index in [1.165, 1.54) is 32.1 Å². The number of likely N-dealkylation sites (tertiary alicyclic amines) is 2. The average molecular weight is 525 g/mol. The molecule has 3 aliphatic heterocycles. The second-order valence-corrected chi connectivity index (χ2v) is 12.3. The van der Waals surface area contributed by atoms with Gasteiger partial charge in [0.1, 0.15) is 5.60 Å². The zero-order valence-electron chi connectivity index (χ0n) is 23.5. The third-order valence-corrected chi connectivity index (χ3v) is 9.85. The van der Waals surface area contributed by atoms with Crippen molar-refractivity contribution in [3.8, 4) is 0 Å². The number of aryl methyl sites for hydroxylation is 1. The number of rotatable bonds is 9. The predicted octanol–water partition coefficient (Wildman–Crippen LogP) is 5.43. The number of aromatic nitrogens is 1. The highest BCUT2D eigenvalue weighted by Crippen LogP contribution is 2.42. The number of carbonyl (C=O) groups excluding carboxylic acids is 2. The van der Waals surface area contributed by atoms with Crippen molar-refractivity contribution in [2.75, 3.05) is 32.7 Å². The Hall–Kier alpha value is -2.15. The summed E-state index contributed by atoms with van der Waals surface area (Å²) in [5.41, 5.74) is 0.820. The van der Waals surface area contributed by atoms with Gasteiger partial charge in [-0.3, -0.25) is 14.7 Å². The summed E-state index contributed by atoms with van der Waals surface area (Å²) in [7, 11) is 0. The number of carbonyl (C=O) groups is 2. The molecule has 1 aliphatic carbocycles. The van der Waals surface area contributed by atoms with Crippen molar-refractivity contribution in [2.45, 2.75) is 114 Å². The van der Waals surface area contributed by atoms with Crippen molar-refractivity contribution >= 4 is 12.0 Å². The lowest BCUT2D eigenvalue weighted by Crippen LogP contribution is -2.56. The predicted molar refractivity (Wildman–Crippen MR) is 149 cm³/mol. The molecule has 1 aromatic rings. The first-order chi connectivity index (χ1) is 18.6. The minimum atomic E-state index is -0.305. The summed E-state index contributed by atoms with van der Waals surface area (Å²) in [5.74, 6) is 0.910. The monoisotopic (exact) mass is 524 g/mol. The lowest BCUT2D eigenvalue weighted by molar-refractivity contribution is -0.133. The highest BCUT2D eigenvalue weighted by molar-refractivity contribution is 5.76. The molecule has 0 aromatic carbocycles. The van der Waals surface area contributed by atoms with E-state index in [4.69, 9.17) is 4.74 Å². The molecule has 3 saturated heterocycles. The van der Waals surface area contributed by atoms with Crippen molar-refractivity contribution in [3.63, 3.8) is 0 Å². The van der Waals surface area contributed by atoms with Gasteiger partial charge in [-0.15, -0.1) is 0 Å². The molecule has 4 fully saturated rings. The number of nitrogens with zero attached hydrogens (tertiary/aromatic N) is 4. The fourth-order valence-electron chi connectivity index (χ4n) is 7.52. The van der Waals surface area contributed by atoms with Crippen LogP contribution >= 0.6 is 0 Å². The molecule has 5 rings (SSSR count). The van der Waals surface area contributed by atoms with Gasteiger partial charge in [-0.05, 0) is 56.1 Å². The Morgan fingerprint density at radius 3 is 2.53 bits per heavy atom. The molecule has 4 heterocycles. The molecule has 1 spiro atoms. The summed E-state index contributed by atoms with van der Waals surface area (Å²) < 4.78 is 6.30. The van der Waals surface area contributed by atoms with Gasteiger partial charge in [0.15, 0.2) is 0 Å². The zero-order chi connectivity index (χ0) is 26.4. The maximum atomic E-state index is 13.2. The van der Waals surface area contributed by atoms with E-state index in [-0.39, 0.29) is 23.6 Å². The van der Waals surface area contributed by atoms with Crippen LogP contribution in [0.5, 0.6) is 0 Å². The summed E-state index contributed by atoms with van der Waals surface area (Å²) >= 11 is 0. The lowest BCUT2D eigenvalue weighted by atomic mass is 9.80. The summed E-state index contributed by atoms with van der Waals surface area (Å²) in [4.78, 5) is 36.9. The Morgan fingerprint density at radius 1 is 1.08 bits per heavy atom. The maximum absolute atomic E-state index is 13.2. The first-order valence-electron chi connectivity index (χ1n) is 15.5. The van der Waals surface area contributed by atoms with Gasteiger partial charge in [0, 0.05) is 70.4 Å². The van der Waals surface area contributed by atoms with Crippen molar-refractivity contribution in [2.24, 2.45) is 5.92 Å². The molecule has 210 valence electrons. The Kier molecular flexibility index (Phi) is 9.24. The average Bonchev–Trinajstić information content (AvgIpc) is 3.21. The Balaban J connectivity index is 1.12. The van der Waals surface area contributed by atoms with E-state index in [0.29, 0.717) is 18.4 Å². The van der Waals surface area contributed by atoms with Gasteiger partial charge in [-0.25, -0.2) is 4.79 Å². The van der Waals surface area contributed by atoms with Crippen LogP contribution < -0.4 is 0 Å². The molecule has 1 unspecified atom stereocenters. The molecule has 1 atom stereocenters. The van der Waals surface area contributed by atoms with E-state index < -0.39 is 0 Å². The molecule has 7 nitrogen and oxygen atoms in total. The number of unbranched alkanes of at least 4 members (excludes halogenated alkanes) is 1. The number of amides is 2. The number of hydrogen-bond acceptors (Lipinski definition) is 5. The molecule has 0 radical (unpaired) electrons. The van der Waals surface area contributed by atoms with Crippen molar-refractivity contribution in [1.82, 2.24) is 19.7 Å². The summed E-state index contributed by atoms with van der Waals surface area (Å²) in [6.45, 7) is 6.82. The number of piperidine rings is 2. The molecule has 4 aliphatic rings. The van der Waals surface area contributed by atoms with E-state index in [9.17, 15) is 9.59 Å². The number of pyridine rings is 1. The molecule has 1 aromatic heterocycles. The second-order valence-electron chi connectivity index (χ2n) is 12.3. The minimum absolute atomic E-state index is 0.0526. The van der Waals surface area contributed by atoms with E-state index >= 15 is 0 Å². The smallest absolute Gasteiger partial charge is 0.410 e. The SMILES string of the molecule is CCCCC1N(CC2CCCCC2)C(=O)OC12CCN(C1CCN(C(=O)CCc3cccnc3)CC1)CC2. The van der Waals surface area contributed by atoms with Gasteiger partial charge in [-0.1, -0.05) is 45.1 Å². The summed E-state index contributed by atoms with van der Waals surface area (Å²) in [6, 6.07) is 4.73. The van der Waals surface area contributed by atoms with E-state index in [1.54, 1.807) is 6.20 Å². The van der Waals surface area contributed by atoms with Gasteiger partial charge in [0.2, 0.25) is 5.91 Å². The molecular formula is C31H48N4O3. The molecular weight excluding hydrogens is 476 g/mol. The Bertz CT molecular complexity index is 903. The van der Waals surface area contributed by atoms with E-state index in [0.717, 1.165) is 89.7 Å². The van der Waals surface area contributed by atoms with Crippen LogP contribution in [-0.4, -0.2) is 82.1 Å². The van der Waals surface area contributed by atoms with Crippen molar-refractivity contribution in [3.05, 3.63) is 30.1 Å². The maximum Gasteiger partial charge on any atom is 0.410 e. The van der Waals surface area contributed by atoms with Crippen LogP contribution in [0.15, 0.2) is 24.5 Å².